The summed E-state index contributed by atoms with van der Waals surface area (Å²) in [5.41, 5.74) is 2.63. The van der Waals surface area contributed by atoms with Gasteiger partial charge in [0.25, 0.3) is 0 Å². The molecule has 0 saturated heterocycles. The standard InChI is InChI=1S/C15H24O/c1-9(2)12-6-5-11(4)15-13(12)7-10(3)8-14(15)16/h7,9,12-16H,4-6,8H2,1-3H3. The Morgan fingerprint density at radius 3 is 2.75 bits per heavy atom. The van der Waals surface area contributed by atoms with Gasteiger partial charge in [-0.2, -0.15) is 0 Å². The molecule has 0 aliphatic heterocycles. The van der Waals surface area contributed by atoms with Crippen LogP contribution in [0.2, 0.25) is 0 Å². The molecule has 1 N–H and O–H groups in total. The first-order chi connectivity index (χ1) is 7.50. The van der Waals surface area contributed by atoms with Crippen molar-refractivity contribution in [2.75, 3.05) is 0 Å². The van der Waals surface area contributed by atoms with Crippen LogP contribution in [0.15, 0.2) is 23.8 Å². The second-order valence-corrected chi connectivity index (χ2v) is 5.99. The summed E-state index contributed by atoms with van der Waals surface area (Å²) in [6.45, 7) is 10.9. The van der Waals surface area contributed by atoms with Crippen molar-refractivity contribution in [2.24, 2.45) is 23.7 Å². The third-order valence-corrected chi connectivity index (χ3v) is 4.46. The summed E-state index contributed by atoms with van der Waals surface area (Å²) in [6.07, 6.45) is 5.41. The van der Waals surface area contributed by atoms with E-state index in [1.54, 1.807) is 0 Å². The van der Waals surface area contributed by atoms with Gasteiger partial charge in [0.2, 0.25) is 0 Å². The lowest BCUT2D eigenvalue weighted by Gasteiger charge is -2.45. The molecule has 1 nitrogen and oxygen atoms in total. The van der Waals surface area contributed by atoms with Crippen molar-refractivity contribution in [1.29, 1.82) is 0 Å². The van der Waals surface area contributed by atoms with Gasteiger partial charge in [0, 0.05) is 5.92 Å². The van der Waals surface area contributed by atoms with Crippen LogP contribution in [-0.4, -0.2) is 11.2 Å². The second kappa shape index (κ2) is 4.37. The highest BCUT2D eigenvalue weighted by atomic mass is 16.3. The molecule has 2 aliphatic carbocycles. The number of aliphatic hydroxyl groups is 1. The second-order valence-electron chi connectivity index (χ2n) is 5.99. The van der Waals surface area contributed by atoms with Crippen molar-refractivity contribution >= 4 is 0 Å². The summed E-state index contributed by atoms with van der Waals surface area (Å²) >= 11 is 0. The third kappa shape index (κ3) is 1.98. The van der Waals surface area contributed by atoms with Crippen molar-refractivity contribution in [3.63, 3.8) is 0 Å². The quantitative estimate of drug-likeness (QED) is 0.670. The molecule has 1 heteroatoms. The Balaban J connectivity index is 2.31. The first-order valence-electron chi connectivity index (χ1n) is 6.53. The summed E-state index contributed by atoms with van der Waals surface area (Å²) in [5, 5.41) is 10.2. The molecule has 4 unspecified atom stereocenters. The van der Waals surface area contributed by atoms with Crippen LogP contribution >= 0.6 is 0 Å². The predicted octanol–water partition coefficient (Wildman–Crippen LogP) is 3.55. The van der Waals surface area contributed by atoms with Gasteiger partial charge in [0.1, 0.15) is 0 Å². The molecule has 0 aromatic carbocycles. The minimum Gasteiger partial charge on any atom is -0.392 e. The van der Waals surface area contributed by atoms with Crippen molar-refractivity contribution in [2.45, 2.75) is 46.1 Å². The van der Waals surface area contributed by atoms with Crippen LogP contribution in [0.1, 0.15) is 40.0 Å². The van der Waals surface area contributed by atoms with Gasteiger partial charge >= 0.3 is 0 Å². The minimum absolute atomic E-state index is 0.191. The Kier molecular flexibility index (Phi) is 3.25. The molecule has 90 valence electrons. The van der Waals surface area contributed by atoms with Gasteiger partial charge in [-0.25, -0.2) is 0 Å². The highest BCUT2D eigenvalue weighted by Crippen LogP contribution is 2.47. The number of hydrogen-bond acceptors (Lipinski definition) is 1. The Morgan fingerprint density at radius 1 is 1.44 bits per heavy atom. The molecule has 0 heterocycles. The lowest BCUT2D eigenvalue weighted by atomic mass is 9.61. The van der Waals surface area contributed by atoms with Crippen LogP contribution in [0.25, 0.3) is 0 Å². The minimum atomic E-state index is -0.191. The normalized spacial score (nSPS) is 39.6. The number of rotatable bonds is 1. The van der Waals surface area contributed by atoms with E-state index in [-0.39, 0.29) is 6.10 Å². The fraction of sp³-hybridized carbons (Fsp3) is 0.733. The fourth-order valence-corrected chi connectivity index (χ4v) is 3.64. The van der Waals surface area contributed by atoms with Gasteiger partial charge in [-0.3, -0.25) is 0 Å². The molecule has 0 aromatic heterocycles. The van der Waals surface area contributed by atoms with E-state index in [4.69, 9.17) is 0 Å². The smallest absolute Gasteiger partial charge is 0.0648 e. The maximum Gasteiger partial charge on any atom is 0.0648 e. The van der Waals surface area contributed by atoms with Crippen molar-refractivity contribution < 1.29 is 5.11 Å². The highest BCUT2D eigenvalue weighted by Gasteiger charge is 2.41. The first kappa shape index (κ1) is 11.9. The number of aliphatic hydroxyl groups excluding tert-OH is 1. The van der Waals surface area contributed by atoms with E-state index in [1.807, 2.05) is 0 Å². The van der Waals surface area contributed by atoms with Gasteiger partial charge in [-0.1, -0.05) is 37.6 Å². The first-order valence-corrected chi connectivity index (χ1v) is 6.53. The average Bonchev–Trinajstić information content (AvgIpc) is 2.15. The zero-order valence-corrected chi connectivity index (χ0v) is 10.7. The molecule has 0 radical (unpaired) electrons. The van der Waals surface area contributed by atoms with E-state index >= 15 is 0 Å². The van der Waals surface area contributed by atoms with Crippen LogP contribution in [0, 0.1) is 23.7 Å². The number of hydrogen-bond donors (Lipinski definition) is 1. The molecular formula is C15H24O. The van der Waals surface area contributed by atoms with Crippen molar-refractivity contribution in [3.8, 4) is 0 Å². The molecule has 0 aromatic rings. The van der Waals surface area contributed by atoms with E-state index in [0.717, 1.165) is 18.8 Å². The highest BCUT2D eigenvalue weighted by molar-refractivity contribution is 5.22. The number of allylic oxidation sites excluding steroid dienone is 1. The van der Waals surface area contributed by atoms with Crippen LogP contribution in [0.4, 0.5) is 0 Å². The van der Waals surface area contributed by atoms with E-state index in [2.05, 4.69) is 33.4 Å². The SMILES string of the molecule is C=C1CCC(C(C)C)C2C=C(C)CC(O)C12. The van der Waals surface area contributed by atoms with Gasteiger partial charge in [0.05, 0.1) is 6.10 Å². The molecule has 0 bridgehead atoms. The summed E-state index contributed by atoms with van der Waals surface area (Å²) < 4.78 is 0. The molecule has 0 amide bonds. The van der Waals surface area contributed by atoms with E-state index in [9.17, 15) is 5.11 Å². The molecule has 2 rings (SSSR count). The summed E-state index contributed by atoms with van der Waals surface area (Å²) in [5.74, 6) is 2.28. The largest absolute Gasteiger partial charge is 0.392 e. The van der Waals surface area contributed by atoms with Crippen molar-refractivity contribution in [3.05, 3.63) is 23.8 Å². The van der Waals surface area contributed by atoms with E-state index in [0.29, 0.717) is 17.8 Å². The zero-order valence-electron chi connectivity index (χ0n) is 10.7. The van der Waals surface area contributed by atoms with Crippen molar-refractivity contribution in [1.82, 2.24) is 0 Å². The summed E-state index contributed by atoms with van der Waals surface area (Å²) in [4.78, 5) is 0. The van der Waals surface area contributed by atoms with Crippen LogP contribution in [-0.2, 0) is 0 Å². The van der Waals surface area contributed by atoms with Crippen LogP contribution < -0.4 is 0 Å². The zero-order chi connectivity index (χ0) is 11.9. The lowest BCUT2D eigenvalue weighted by Crippen LogP contribution is -2.40. The predicted molar refractivity (Wildman–Crippen MR) is 68.1 cm³/mol. The van der Waals surface area contributed by atoms with E-state index < -0.39 is 0 Å². The van der Waals surface area contributed by atoms with Crippen LogP contribution in [0.3, 0.4) is 0 Å². The maximum absolute atomic E-state index is 10.2. The van der Waals surface area contributed by atoms with Gasteiger partial charge in [0.15, 0.2) is 0 Å². The molecule has 1 saturated carbocycles. The summed E-state index contributed by atoms with van der Waals surface area (Å²) in [6, 6.07) is 0. The Bertz CT molecular complexity index is 313. The third-order valence-electron chi connectivity index (χ3n) is 4.46. The average molecular weight is 220 g/mol. The van der Waals surface area contributed by atoms with Gasteiger partial charge in [-0.15, -0.1) is 0 Å². The Hall–Kier alpha value is -0.560. The monoisotopic (exact) mass is 220 g/mol. The lowest BCUT2D eigenvalue weighted by molar-refractivity contribution is 0.0502. The fourth-order valence-electron chi connectivity index (χ4n) is 3.64. The Morgan fingerprint density at radius 2 is 2.12 bits per heavy atom. The summed E-state index contributed by atoms with van der Waals surface area (Å²) in [7, 11) is 0. The maximum atomic E-state index is 10.2. The van der Waals surface area contributed by atoms with Gasteiger partial charge in [-0.05, 0) is 43.9 Å². The van der Waals surface area contributed by atoms with Gasteiger partial charge < -0.3 is 5.11 Å². The molecule has 1 fully saturated rings. The Labute approximate surface area is 99.3 Å². The molecule has 2 aliphatic rings. The number of fused-ring (bicyclic) bond motifs is 1. The molecule has 16 heavy (non-hydrogen) atoms. The molecule has 0 spiro atoms. The molecular weight excluding hydrogens is 196 g/mol. The topological polar surface area (TPSA) is 20.2 Å². The van der Waals surface area contributed by atoms with Crippen LogP contribution in [0.5, 0.6) is 0 Å². The van der Waals surface area contributed by atoms with E-state index in [1.165, 1.54) is 17.6 Å². The molecule has 4 atom stereocenters.